The second kappa shape index (κ2) is 8.66. The number of halogens is 1. The normalized spacial score (nSPS) is 10.9. The molecule has 0 atom stereocenters. The van der Waals surface area contributed by atoms with E-state index < -0.39 is 0 Å². The van der Waals surface area contributed by atoms with Gasteiger partial charge in [-0.2, -0.15) is 0 Å². The van der Waals surface area contributed by atoms with Crippen LogP contribution in [0, 0.1) is 0 Å². The van der Waals surface area contributed by atoms with Crippen molar-refractivity contribution in [3.05, 3.63) is 46.6 Å². The van der Waals surface area contributed by atoms with Gasteiger partial charge in [0.1, 0.15) is 5.15 Å². The van der Waals surface area contributed by atoms with Crippen molar-refractivity contribution in [2.45, 2.75) is 25.2 Å². The van der Waals surface area contributed by atoms with Crippen molar-refractivity contribution in [3.8, 4) is 10.7 Å². The van der Waals surface area contributed by atoms with E-state index in [1.165, 1.54) is 11.8 Å². The molecule has 0 aliphatic carbocycles. The highest BCUT2D eigenvalue weighted by molar-refractivity contribution is 7.99. The zero-order valence-electron chi connectivity index (χ0n) is 14.4. The van der Waals surface area contributed by atoms with Gasteiger partial charge in [0.2, 0.25) is 5.91 Å². The highest BCUT2D eigenvalue weighted by atomic mass is 35.5. The molecule has 0 aromatic carbocycles. The van der Waals surface area contributed by atoms with Gasteiger partial charge >= 0.3 is 0 Å². The molecule has 136 valence electrons. The predicted molar refractivity (Wildman–Crippen MR) is 105 cm³/mol. The van der Waals surface area contributed by atoms with E-state index in [0.717, 1.165) is 28.0 Å². The second-order valence-corrected chi connectivity index (χ2v) is 7.83. The van der Waals surface area contributed by atoms with Crippen LogP contribution in [-0.4, -0.2) is 43.4 Å². The van der Waals surface area contributed by atoms with Gasteiger partial charge in [0, 0.05) is 26.3 Å². The first-order valence-corrected chi connectivity index (χ1v) is 10.3. The number of rotatable bonds is 7. The molecule has 6 nitrogen and oxygen atoms in total. The minimum absolute atomic E-state index is 0.0216. The number of thioether (sulfide) groups is 1. The number of nitrogens with zero attached hydrogens (tertiary/aromatic N) is 5. The first-order valence-electron chi connectivity index (χ1n) is 8.02. The minimum Gasteiger partial charge on any atom is -0.341 e. The number of hydrogen-bond acceptors (Lipinski definition) is 6. The van der Waals surface area contributed by atoms with Crippen molar-refractivity contribution < 1.29 is 4.79 Å². The van der Waals surface area contributed by atoms with Crippen LogP contribution in [0.25, 0.3) is 10.7 Å². The average molecular weight is 408 g/mol. The molecule has 0 fully saturated rings. The van der Waals surface area contributed by atoms with Gasteiger partial charge in [0.05, 0.1) is 10.6 Å². The van der Waals surface area contributed by atoms with Gasteiger partial charge in [0.25, 0.3) is 0 Å². The van der Waals surface area contributed by atoms with Crippen LogP contribution in [0.5, 0.6) is 0 Å². The van der Waals surface area contributed by atoms with E-state index in [9.17, 15) is 4.79 Å². The molecule has 0 aliphatic heterocycles. The molecule has 3 aromatic heterocycles. The van der Waals surface area contributed by atoms with Gasteiger partial charge in [-0.25, -0.2) is 4.98 Å². The maximum absolute atomic E-state index is 12.4. The highest BCUT2D eigenvalue weighted by Gasteiger charge is 2.16. The van der Waals surface area contributed by atoms with Gasteiger partial charge in [-0.3, -0.25) is 4.79 Å². The fraction of sp³-hybridized carbons (Fsp3) is 0.294. The molecule has 0 unspecified atom stereocenters. The molecule has 0 bridgehead atoms. The fourth-order valence-corrected chi connectivity index (χ4v) is 4.14. The topological polar surface area (TPSA) is 63.9 Å². The molecule has 1 amide bonds. The Morgan fingerprint density at radius 1 is 1.35 bits per heavy atom. The first kappa shape index (κ1) is 18.9. The monoisotopic (exact) mass is 407 g/mol. The largest absolute Gasteiger partial charge is 0.341 e. The third-order valence-corrected chi connectivity index (χ3v) is 5.77. The van der Waals surface area contributed by atoms with Crippen LogP contribution in [0.2, 0.25) is 5.15 Å². The summed E-state index contributed by atoms with van der Waals surface area (Å²) in [5.74, 6) is 1.17. The Morgan fingerprint density at radius 2 is 2.19 bits per heavy atom. The molecule has 0 N–H and O–H groups in total. The van der Waals surface area contributed by atoms with Crippen molar-refractivity contribution in [3.63, 3.8) is 0 Å². The Kier molecular flexibility index (Phi) is 6.29. The summed E-state index contributed by atoms with van der Waals surface area (Å²) >= 11 is 8.82. The lowest BCUT2D eigenvalue weighted by atomic mass is 10.3. The number of aromatic nitrogens is 4. The van der Waals surface area contributed by atoms with E-state index in [1.807, 2.05) is 35.1 Å². The Bertz CT molecular complexity index is 864. The van der Waals surface area contributed by atoms with Crippen molar-refractivity contribution in [2.24, 2.45) is 0 Å². The third kappa shape index (κ3) is 4.44. The van der Waals surface area contributed by atoms with Crippen LogP contribution in [-0.2, 0) is 17.9 Å². The second-order valence-electron chi connectivity index (χ2n) is 5.56. The zero-order valence-corrected chi connectivity index (χ0v) is 16.8. The van der Waals surface area contributed by atoms with Crippen molar-refractivity contribution in [1.29, 1.82) is 0 Å². The van der Waals surface area contributed by atoms with Gasteiger partial charge in [-0.1, -0.05) is 35.5 Å². The number of amides is 1. The van der Waals surface area contributed by atoms with Gasteiger partial charge in [0.15, 0.2) is 11.0 Å². The SMILES string of the molecule is CCn1c(SCC(=O)N(C)Cc2ccc(Cl)nc2)nnc1-c1cccs1. The van der Waals surface area contributed by atoms with E-state index in [4.69, 9.17) is 11.6 Å². The van der Waals surface area contributed by atoms with Crippen molar-refractivity contribution in [1.82, 2.24) is 24.6 Å². The molecule has 0 aliphatic rings. The summed E-state index contributed by atoms with van der Waals surface area (Å²) in [5, 5.41) is 11.8. The lowest BCUT2D eigenvalue weighted by molar-refractivity contribution is -0.127. The molecule has 3 heterocycles. The summed E-state index contributed by atoms with van der Waals surface area (Å²) in [6, 6.07) is 7.60. The molecule has 0 spiro atoms. The van der Waals surface area contributed by atoms with Crippen LogP contribution in [0.15, 0.2) is 41.0 Å². The van der Waals surface area contributed by atoms with Crippen molar-refractivity contribution >= 4 is 40.6 Å². The van der Waals surface area contributed by atoms with E-state index in [2.05, 4.69) is 15.2 Å². The lowest BCUT2D eigenvalue weighted by Crippen LogP contribution is -2.28. The van der Waals surface area contributed by atoms with Crippen LogP contribution >= 0.6 is 34.7 Å². The van der Waals surface area contributed by atoms with Crippen molar-refractivity contribution in [2.75, 3.05) is 12.8 Å². The summed E-state index contributed by atoms with van der Waals surface area (Å²) in [6.45, 7) is 3.29. The third-order valence-electron chi connectivity index (χ3n) is 3.73. The fourth-order valence-electron chi connectivity index (χ4n) is 2.37. The molecule has 0 saturated heterocycles. The van der Waals surface area contributed by atoms with Crippen LogP contribution in [0.4, 0.5) is 0 Å². The molecule has 3 aromatic rings. The van der Waals surface area contributed by atoms with E-state index in [-0.39, 0.29) is 5.91 Å². The highest BCUT2D eigenvalue weighted by Crippen LogP contribution is 2.27. The smallest absolute Gasteiger partial charge is 0.233 e. The average Bonchev–Trinajstić information content (AvgIpc) is 3.30. The molecule has 9 heteroatoms. The van der Waals surface area contributed by atoms with Gasteiger partial charge in [-0.05, 0) is 30.0 Å². The lowest BCUT2D eigenvalue weighted by Gasteiger charge is -2.17. The minimum atomic E-state index is 0.0216. The first-order chi connectivity index (χ1) is 12.6. The van der Waals surface area contributed by atoms with E-state index >= 15 is 0 Å². The Hall–Kier alpha value is -1.90. The zero-order chi connectivity index (χ0) is 18.5. The summed E-state index contributed by atoms with van der Waals surface area (Å²) in [7, 11) is 1.78. The molecule has 0 radical (unpaired) electrons. The van der Waals surface area contributed by atoms with Gasteiger partial charge < -0.3 is 9.47 Å². The van der Waals surface area contributed by atoms with Gasteiger partial charge in [-0.15, -0.1) is 21.5 Å². The molecule has 3 rings (SSSR count). The van der Waals surface area contributed by atoms with Crippen LogP contribution < -0.4 is 0 Å². The summed E-state index contributed by atoms with van der Waals surface area (Å²) in [5.41, 5.74) is 0.937. The maximum atomic E-state index is 12.4. The molecule has 26 heavy (non-hydrogen) atoms. The standard InChI is InChI=1S/C17H18ClN5OS2/c1-3-23-16(13-5-4-8-25-13)20-21-17(23)26-11-15(24)22(2)10-12-6-7-14(18)19-9-12/h4-9H,3,10-11H2,1-2H3. The summed E-state index contributed by atoms with van der Waals surface area (Å²) in [4.78, 5) is 19.2. The number of carbonyl (C=O) groups is 1. The number of pyridine rings is 1. The maximum Gasteiger partial charge on any atom is 0.233 e. The van der Waals surface area contributed by atoms with Crippen LogP contribution in [0.3, 0.4) is 0 Å². The van der Waals surface area contributed by atoms with E-state index in [0.29, 0.717) is 17.5 Å². The molecular weight excluding hydrogens is 390 g/mol. The number of thiophene rings is 1. The Balaban J connectivity index is 1.61. The Morgan fingerprint density at radius 3 is 2.85 bits per heavy atom. The molecule has 0 saturated carbocycles. The number of hydrogen-bond donors (Lipinski definition) is 0. The van der Waals surface area contributed by atoms with Crippen LogP contribution in [0.1, 0.15) is 12.5 Å². The predicted octanol–water partition coefficient (Wildman–Crippen LogP) is 3.83. The molecular formula is C17H18ClN5OS2. The van der Waals surface area contributed by atoms with E-state index in [1.54, 1.807) is 35.5 Å². The summed E-state index contributed by atoms with van der Waals surface area (Å²) < 4.78 is 2.03. The Labute approximate surface area is 165 Å². The summed E-state index contributed by atoms with van der Waals surface area (Å²) in [6.07, 6.45) is 1.68. The quantitative estimate of drug-likeness (QED) is 0.440. The number of carbonyl (C=O) groups excluding carboxylic acids is 1.